The molecule has 1 atom stereocenters. The average molecular weight is 408 g/mol. The van der Waals surface area contributed by atoms with E-state index in [1.165, 1.54) is 11.8 Å². The molecular weight excluding hydrogens is 386 g/mol. The van der Waals surface area contributed by atoms with Crippen molar-refractivity contribution >= 4 is 17.6 Å². The quantitative estimate of drug-likeness (QED) is 0.571. The molecule has 0 aliphatic carbocycles. The molecular formula is C24H22ClNO3. The van der Waals surface area contributed by atoms with Crippen molar-refractivity contribution in [3.05, 3.63) is 82.1 Å². The van der Waals surface area contributed by atoms with Crippen LogP contribution in [0, 0.1) is 6.92 Å². The van der Waals surface area contributed by atoms with Gasteiger partial charge in [-0.2, -0.15) is 0 Å². The molecule has 0 bridgehead atoms. The minimum atomic E-state index is -0.908. The van der Waals surface area contributed by atoms with E-state index in [1.807, 2.05) is 12.1 Å². The summed E-state index contributed by atoms with van der Waals surface area (Å²) in [6.45, 7) is 2.70. The zero-order valence-electron chi connectivity index (χ0n) is 16.2. The van der Waals surface area contributed by atoms with Gasteiger partial charge in [0.2, 0.25) is 0 Å². The minimum absolute atomic E-state index is 0.322. The van der Waals surface area contributed by atoms with Crippen molar-refractivity contribution in [3.63, 3.8) is 0 Å². The number of rotatable bonds is 5. The van der Waals surface area contributed by atoms with E-state index < -0.39 is 5.97 Å². The van der Waals surface area contributed by atoms with Gasteiger partial charge in [0.05, 0.1) is 12.2 Å². The fraction of sp³-hybridized carbons (Fsp3) is 0.250. The van der Waals surface area contributed by atoms with Crippen LogP contribution < -0.4 is 4.74 Å². The van der Waals surface area contributed by atoms with Gasteiger partial charge in [-0.25, -0.2) is 4.79 Å². The predicted octanol–water partition coefficient (Wildman–Crippen LogP) is 5.91. The molecule has 0 fully saturated rings. The van der Waals surface area contributed by atoms with E-state index in [9.17, 15) is 9.90 Å². The number of aromatic carboxylic acids is 1. The summed E-state index contributed by atoms with van der Waals surface area (Å²) in [5, 5.41) is 10.1. The first kappa shape index (κ1) is 19.5. The lowest BCUT2D eigenvalue weighted by Crippen LogP contribution is -2.15. The predicted molar refractivity (Wildman–Crippen MR) is 114 cm³/mol. The fourth-order valence-corrected chi connectivity index (χ4v) is 4.18. The van der Waals surface area contributed by atoms with Crippen LogP contribution in [-0.4, -0.2) is 22.7 Å². The first-order chi connectivity index (χ1) is 14.0. The summed E-state index contributed by atoms with van der Waals surface area (Å²) < 4.78 is 5.95. The van der Waals surface area contributed by atoms with Crippen LogP contribution >= 0.6 is 11.6 Å². The van der Waals surface area contributed by atoms with Crippen LogP contribution in [0.3, 0.4) is 0 Å². The number of fused-ring (bicyclic) bond motifs is 1. The van der Waals surface area contributed by atoms with Crippen molar-refractivity contribution in [2.75, 3.05) is 6.61 Å². The van der Waals surface area contributed by atoms with Gasteiger partial charge in [0.25, 0.3) is 0 Å². The van der Waals surface area contributed by atoms with Crippen LogP contribution in [0.5, 0.6) is 5.75 Å². The van der Waals surface area contributed by atoms with E-state index >= 15 is 0 Å². The molecule has 0 amide bonds. The monoisotopic (exact) mass is 407 g/mol. The van der Waals surface area contributed by atoms with E-state index in [1.54, 1.807) is 12.3 Å². The van der Waals surface area contributed by atoms with Gasteiger partial charge in [-0.15, -0.1) is 0 Å². The molecule has 4 nitrogen and oxygen atoms in total. The zero-order valence-corrected chi connectivity index (χ0v) is 16.9. The molecule has 0 saturated carbocycles. The number of halogens is 1. The summed E-state index contributed by atoms with van der Waals surface area (Å²) in [5.41, 5.74) is 5.48. The lowest BCUT2D eigenvalue weighted by molar-refractivity contribution is 0.0695. The molecule has 2 heterocycles. The van der Waals surface area contributed by atoms with Gasteiger partial charge in [-0.3, -0.25) is 4.98 Å². The van der Waals surface area contributed by atoms with E-state index in [2.05, 4.69) is 36.2 Å². The number of carboxylic acid groups (broad SMARTS) is 1. The van der Waals surface area contributed by atoms with Crippen molar-refractivity contribution in [2.24, 2.45) is 0 Å². The molecule has 0 spiro atoms. The third-order valence-corrected chi connectivity index (χ3v) is 5.84. The zero-order chi connectivity index (χ0) is 20.4. The molecule has 4 rings (SSSR count). The second-order valence-corrected chi connectivity index (χ2v) is 7.85. The van der Waals surface area contributed by atoms with Crippen LogP contribution in [0.1, 0.15) is 45.8 Å². The smallest absolute Gasteiger partial charge is 0.336 e. The molecule has 3 aromatic rings. The summed E-state index contributed by atoms with van der Waals surface area (Å²) in [4.78, 5) is 15.5. The molecule has 5 heteroatoms. The second kappa shape index (κ2) is 8.26. The Morgan fingerprint density at radius 3 is 2.93 bits per heavy atom. The largest absolute Gasteiger partial charge is 0.493 e. The minimum Gasteiger partial charge on any atom is -0.493 e. The molecule has 1 N–H and O–H groups in total. The summed E-state index contributed by atoms with van der Waals surface area (Å²) >= 11 is 6.41. The average Bonchev–Trinajstić information content (AvgIpc) is 2.73. The van der Waals surface area contributed by atoms with Crippen LogP contribution in [0.15, 0.2) is 54.9 Å². The number of nitrogens with zero attached hydrogens (tertiary/aromatic N) is 1. The summed E-state index contributed by atoms with van der Waals surface area (Å²) in [6.07, 6.45) is 5.62. The number of hydrogen-bond donors (Lipinski definition) is 1. The van der Waals surface area contributed by atoms with Crippen molar-refractivity contribution in [1.82, 2.24) is 4.98 Å². The highest BCUT2D eigenvalue weighted by atomic mass is 35.5. The number of aromatic nitrogens is 1. The summed E-state index contributed by atoms with van der Waals surface area (Å²) in [7, 11) is 0. The van der Waals surface area contributed by atoms with Crippen LogP contribution in [0.2, 0.25) is 5.02 Å². The van der Waals surface area contributed by atoms with Crippen LogP contribution in [0.25, 0.3) is 11.1 Å². The molecule has 0 saturated heterocycles. The van der Waals surface area contributed by atoms with E-state index in [0.29, 0.717) is 24.5 Å². The van der Waals surface area contributed by atoms with Gasteiger partial charge in [0.1, 0.15) is 5.75 Å². The summed E-state index contributed by atoms with van der Waals surface area (Å²) in [6, 6.07) is 13.8. The Labute approximate surface area is 175 Å². The van der Waals surface area contributed by atoms with E-state index in [-0.39, 0.29) is 0 Å². The van der Waals surface area contributed by atoms with Gasteiger partial charge in [-0.1, -0.05) is 35.4 Å². The molecule has 1 unspecified atom stereocenters. The SMILES string of the molecule is Cc1ccc(Cl)c(-c2ccc3c(c2)OCCC3CCc2cnccc2C(=O)O)c1. The van der Waals surface area contributed by atoms with Crippen molar-refractivity contribution < 1.29 is 14.6 Å². The number of benzene rings is 2. The van der Waals surface area contributed by atoms with Gasteiger partial charge in [0.15, 0.2) is 0 Å². The Balaban J connectivity index is 1.58. The second-order valence-electron chi connectivity index (χ2n) is 7.45. The maximum atomic E-state index is 11.4. The first-order valence-electron chi connectivity index (χ1n) is 9.72. The molecule has 1 aliphatic heterocycles. The summed E-state index contributed by atoms with van der Waals surface area (Å²) in [5.74, 6) is 0.304. The van der Waals surface area contributed by atoms with Gasteiger partial charge >= 0.3 is 5.97 Å². The third kappa shape index (κ3) is 4.13. The number of carbonyl (C=O) groups is 1. The van der Waals surface area contributed by atoms with Gasteiger partial charge < -0.3 is 9.84 Å². The molecule has 1 aliphatic rings. The number of aryl methyl sites for hydroxylation is 2. The highest BCUT2D eigenvalue weighted by Gasteiger charge is 2.23. The topological polar surface area (TPSA) is 59.4 Å². The highest BCUT2D eigenvalue weighted by molar-refractivity contribution is 6.33. The Morgan fingerprint density at radius 2 is 2.10 bits per heavy atom. The number of carboxylic acids is 1. The molecule has 0 radical (unpaired) electrons. The Kier molecular flexibility index (Phi) is 5.54. The standard InChI is InChI=1S/C24H22ClNO3/c1-15-2-7-22(25)21(12-15)17-5-6-19-16(9-11-29-23(19)13-17)3-4-18-14-26-10-8-20(18)24(27)28/h2,5-8,10,12-14,16H,3-4,9,11H2,1H3,(H,27,28). The highest BCUT2D eigenvalue weighted by Crippen LogP contribution is 2.40. The van der Waals surface area contributed by atoms with Crippen molar-refractivity contribution in [3.8, 4) is 16.9 Å². The lowest BCUT2D eigenvalue weighted by atomic mass is 9.86. The molecule has 148 valence electrons. The van der Waals surface area contributed by atoms with Gasteiger partial charge in [-0.05, 0) is 73.1 Å². The molecule has 2 aromatic carbocycles. The van der Waals surface area contributed by atoms with Crippen LogP contribution in [-0.2, 0) is 6.42 Å². The number of hydrogen-bond acceptors (Lipinski definition) is 3. The van der Waals surface area contributed by atoms with Crippen molar-refractivity contribution in [2.45, 2.75) is 32.1 Å². The maximum Gasteiger partial charge on any atom is 0.336 e. The maximum absolute atomic E-state index is 11.4. The lowest BCUT2D eigenvalue weighted by Gasteiger charge is -2.27. The first-order valence-corrected chi connectivity index (χ1v) is 10.1. The third-order valence-electron chi connectivity index (χ3n) is 5.51. The number of pyridine rings is 1. The fourth-order valence-electron chi connectivity index (χ4n) is 3.96. The Hall–Kier alpha value is -2.85. The van der Waals surface area contributed by atoms with E-state index in [4.69, 9.17) is 16.3 Å². The number of ether oxygens (including phenoxy) is 1. The van der Waals surface area contributed by atoms with Crippen LogP contribution in [0.4, 0.5) is 0 Å². The Bertz CT molecular complexity index is 1060. The van der Waals surface area contributed by atoms with Crippen molar-refractivity contribution in [1.29, 1.82) is 0 Å². The van der Waals surface area contributed by atoms with E-state index in [0.717, 1.165) is 45.9 Å². The van der Waals surface area contributed by atoms with Gasteiger partial charge in [0, 0.05) is 23.0 Å². The normalized spacial score (nSPS) is 15.4. The Morgan fingerprint density at radius 1 is 1.24 bits per heavy atom. The molecule has 29 heavy (non-hydrogen) atoms. The molecule has 1 aromatic heterocycles.